The molecule has 3 rings (SSSR count). The van der Waals surface area contributed by atoms with E-state index in [4.69, 9.17) is 9.47 Å². The topological polar surface area (TPSA) is 59.3 Å². The second-order valence-electron chi connectivity index (χ2n) is 8.56. The van der Waals surface area contributed by atoms with Gasteiger partial charge in [0.25, 0.3) is 0 Å². The van der Waals surface area contributed by atoms with Gasteiger partial charge in [-0.15, -0.1) is 0 Å². The Hall–Kier alpha value is -3.84. The molecular weight excluding hydrogens is 434 g/mol. The van der Waals surface area contributed by atoms with Gasteiger partial charge in [-0.05, 0) is 61.3 Å². The van der Waals surface area contributed by atoms with Crippen molar-refractivity contribution in [2.45, 2.75) is 38.5 Å². The maximum Gasteiger partial charge on any atom is 0.306 e. The number of hydrogen-bond donors (Lipinski definition) is 0. The summed E-state index contributed by atoms with van der Waals surface area (Å²) in [6.45, 7) is 0.667. The third kappa shape index (κ3) is 8.79. The van der Waals surface area contributed by atoms with E-state index in [0.29, 0.717) is 18.6 Å². The number of esters is 1. The monoisotopic (exact) mass is 467 g/mol. The standard InChI is InChI=1S/C31H33NO3/c1-34-31(33)23-26(22-28-16-7-8-17-29(28)24-32)19-20-27-15-9-10-18-30(27)35-21-11-3-6-14-25-12-4-2-5-13-25/h2,4-5,7-10,12-13,15-20,26H,3,6,11,14,21-23H2,1H3. The zero-order valence-electron chi connectivity index (χ0n) is 20.4. The molecule has 180 valence electrons. The Morgan fingerprint density at radius 3 is 2.49 bits per heavy atom. The summed E-state index contributed by atoms with van der Waals surface area (Å²) in [5, 5.41) is 9.42. The van der Waals surface area contributed by atoms with E-state index in [2.05, 4.69) is 30.3 Å². The summed E-state index contributed by atoms with van der Waals surface area (Å²) in [6, 6.07) is 28.2. The highest BCUT2D eigenvalue weighted by Gasteiger charge is 2.15. The van der Waals surface area contributed by atoms with Gasteiger partial charge in [-0.2, -0.15) is 5.26 Å². The molecule has 35 heavy (non-hydrogen) atoms. The van der Waals surface area contributed by atoms with Crippen molar-refractivity contribution in [3.8, 4) is 11.8 Å². The number of para-hydroxylation sites is 1. The van der Waals surface area contributed by atoms with E-state index in [9.17, 15) is 10.1 Å². The zero-order chi connectivity index (χ0) is 24.7. The summed E-state index contributed by atoms with van der Waals surface area (Å²) in [5.74, 6) is 0.471. The van der Waals surface area contributed by atoms with Crippen LogP contribution in [0.3, 0.4) is 0 Å². The normalized spacial score (nSPS) is 11.7. The van der Waals surface area contributed by atoms with Crippen LogP contribution in [0.1, 0.15) is 47.9 Å². The lowest BCUT2D eigenvalue weighted by Gasteiger charge is -2.14. The quantitative estimate of drug-likeness (QED) is 0.205. The third-order valence-corrected chi connectivity index (χ3v) is 5.95. The van der Waals surface area contributed by atoms with Crippen molar-refractivity contribution in [2.24, 2.45) is 5.92 Å². The summed E-state index contributed by atoms with van der Waals surface area (Å²) < 4.78 is 11.0. The molecule has 0 saturated carbocycles. The molecule has 0 aromatic heterocycles. The van der Waals surface area contributed by atoms with E-state index in [0.717, 1.165) is 42.6 Å². The molecule has 0 aliphatic rings. The molecule has 3 aromatic rings. The first-order valence-corrected chi connectivity index (χ1v) is 12.2. The Kier molecular flexibility index (Phi) is 10.6. The number of benzene rings is 3. The van der Waals surface area contributed by atoms with Crippen molar-refractivity contribution >= 4 is 12.0 Å². The summed E-state index contributed by atoms with van der Waals surface area (Å²) in [4.78, 5) is 12.0. The van der Waals surface area contributed by atoms with E-state index in [1.807, 2.05) is 60.7 Å². The molecule has 0 amide bonds. The number of nitrogens with zero attached hydrogens (tertiary/aromatic N) is 1. The summed E-state index contributed by atoms with van der Waals surface area (Å²) >= 11 is 0. The minimum absolute atomic E-state index is 0.0945. The Morgan fingerprint density at radius 2 is 1.69 bits per heavy atom. The molecule has 0 bridgehead atoms. The van der Waals surface area contributed by atoms with Gasteiger partial charge >= 0.3 is 5.97 Å². The van der Waals surface area contributed by atoms with Gasteiger partial charge in [-0.3, -0.25) is 4.79 Å². The van der Waals surface area contributed by atoms with Crippen molar-refractivity contribution in [2.75, 3.05) is 13.7 Å². The average Bonchev–Trinajstić information content (AvgIpc) is 2.90. The predicted octanol–water partition coefficient (Wildman–Crippen LogP) is 6.79. The molecule has 0 heterocycles. The van der Waals surface area contributed by atoms with E-state index < -0.39 is 0 Å². The van der Waals surface area contributed by atoms with Crippen molar-refractivity contribution in [1.82, 2.24) is 0 Å². The Bertz CT molecular complexity index is 1130. The maximum absolute atomic E-state index is 12.0. The molecule has 0 spiro atoms. The van der Waals surface area contributed by atoms with Gasteiger partial charge in [-0.1, -0.05) is 78.9 Å². The molecule has 0 radical (unpaired) electrons. The van der Waals surface area contributed by atoms with Crippen molar-refractivity contribution in [1.29, 1.82) is 5.26 Å². The lowest BCUT2D eigenvalue weighted by atomic mass is 9.92. The number of carbonyl (C=O) groups excluding carboxylic acids is 1. The second kappa shape index (κ2) is 14.4. The van der Waals surface area contributed by atoms with Gasteiger partial charge in [-0.25, -0.2) is 0 Å². The van der Waals surface area contributed by atoms with Crippen LogP contribution in [0.2, 0.25) is 0 Å². The van der Waals surface area contributed by atoms with Crippen molar-refractivity contribution in [3.63, 3.8) is 0 Å². The highest BCUT2D eigenvalue weighted by molar-refractivity contribution is 5.70. The predicted molar refractivity (Wildman–Crippen MR) is 140 cm³/mol. The number of hydrogen-bond acceptors (Lipinski definition) is 4. The Morgan fingerprint density at radius 1 is 0.943 bits per heavy atom. The number of methoxy groups -OCH3 is 1. The van der Waals surface area contributed by atoms with Gasteiger partial charge in [0.1, 0.15) is 5.75 Å². The number of ether oxygens (including phenoxy) is 2. The minimum Gasteiger partial charge on any atom is -0.493 e. The van der Waals surface area contributed by atoms with Crippen LogP contribution in [-0.2, 0) is 22.4 Å². The molecule has 0 saturated heterocycles. The van der Waals surface area contributed by atoms with Crippen LogP contribution in [0.15, 0.2) is 84.9 Å². The summed E-state index contributed by atoms with van der Waals surface area (Å²) in [6.07, 6.45) is 9.22. The van der Waals surface area contributed by atoms with E-state index in [1.165, 1.54) is 12.7 Å². The molecule has 0 fully saturated rings. The molecule has 0 N–H and O–H groups in total. The highest BCUT2D eigenvalue weighted by atomic mass is 16.5. The fourth-order valence-corrected chi connectivity index (χ4v) is 4.02. The lowest BCUT2D eigenvalue weighted by Crippen LogP contribution is -2.11. The largest absolute Gasteiger partial charge is 0.493 e. The molecule has 1 unspecified atom stereocenters. The number of carbonyl (C=O) groups is 1. The van der Waals surface area contributed by atoms with Gasteiger partial charge in [0.05, 0.1) is 31.8 Å². The molecular formula is C31H33NO3. The molecule has 0 aliphatic heterocycles. The molecule has 4 heteroatoms. The van der Waals surface area contributed by atoms with Gasteiger partial charge in [0, 0.05) is 5.56 Å². The van der Waals surface area contributed by atoms with E-state index >= 15 is 0 Å². The lowest BCUT2D eigenvalue weighted by molar-refractivity contribution is -0.141. The smallest absolute Gasteiger partial charge is 0.306 e. The third-order valence-electron chi connectivity index (χ3n) is 5.95. The number of nitriles is 1. The van der Waals surface area contributed by atoms with Gasteiger partial charge < -0.3 is 9.47 Å². The number of aryl methyl sites for hydroxylation is 1. The number of allylic oxidation sites excluding steroid dienone is 1. The Labute approximate surface area is 208 Å². The van der Waals surface area contributed by atoms with Crippen LogP contribution in [0.5, 0.6) is 5.75 Å². The van der Waals surface area contributed by atoms with E-state index in [1.54, 1.807) is 6.07 Å². The van der Waals surface area contributed by atoms with Crippen LogP contribution in [0.4, 0.5) is 0 Å². The average molecular weight is 468 g/mol. The minimum atomic E-state index is -0.269. The summed E-state index contributed by atoms with van der Waals surface area (Å²) in [5.41, 5.74) is 3.91. The SMILES string of the molecule is COC(=O)CC(C=Cc1ccccc1OCCCCCc1ccccc1)Cc1ccccc1C#N. The first kappa shape index (κ1) is 25.8. The van der Waals surface area contributed by atoms with E-state index in [-0.39, 0.29) is 18.3 Å². The van der Waals surface area contributed by atoms with Crippen LogP contribution >= 0.6 is 0 Å². The van der Waals surface area contributed by atoms with Crippen LogP contribution < -0.4 is 4.74 Å². The maximum atomic E-state index is 12.0. The molecule has 0 aliphatic carbocycles. The first-order chi connectivity index (χ1) is 17.2. The van der Waals surface area contributed by atoms with Gasteiger partial charge in [0.2, 0.25) is 0 Å². The fraction of sp³-hybridized carbons (Fsp3) is 0.290. The second-order valence-corrected chi connectivity index (χ2v) is 8.56. The van der Waals surface area contributed by atoms with Crippen LogP contribution in [-0.4, -0.2) is 19.7 Å². The van der Waals surface area contributed by atoms with Crippen molar-refractivity contribution in [3.05, 3.63) is 107 Å². The summed E-state index contributed by atoms with van der Waals surface area (Å²) in [7, 11) is 1.40. The molecule has 3 aromatic carbocycles. The highest BCUT2D eigenvalue weighted by Crippen LogP contribution is 2.23. The molecule has 4 nitrogen and oxygen atoms in total. The van der Waals surface area contributed by atoms with Crippen LogP contribution in [0, 0.1) is 17.2 Å². The van der Waals surface area contributed by atoms with Crippen molar-refractivity contribution < 1.29 is 14.3 Å². The number of unbranched alkanes of at least 4 members (excludes halogenated alkanes) is 2. The Balaban J connectivity index is 1.58. The fourth-order valence-electron chi connectivity index (χ4n) is 4.02. The zero-order valence-corrected chi connectivity index (χ0v) is 20.4. The van der Waals surface area contributed by atoms with Crippen LogP contribution in [0.25, 0.3) is 6.08 Å². The van der Waals surface area contributed by atoms with Gasteiger partial charge in [0.15, 0.2) is 0 Å². The molecule has 1 atom stereocenters. The number of rotatable bonds is 13. The first-order valence-electron chi connectivity index (χ1n) is 12.2.